The molecule has 6 nitrogen and oxygen atoms in total. The fourth-order valence-electron chi connectivity index (χ4n) is 3.00. The van der Waals surface area contributed by atoms with Gasteiger partial charge in [-0.3, -0.25) is 4.79 Å². The van der Waals surface area contributed by atoms with Gasteiger partial charge in [-0.2, -0.15) is 0 Å². The Labute approximate surface area is 135 Å². The van der Waals surface area contributed by atoms with Crippen molar-refractivity contribution in [2.75, 3.05) is 27.3 Å². The van der Waals surface area contributed by atoms with Crippen LogP contribution < -0.4 is 9.47 Å². The summed E-state index contributed by atoms with van der Waals surface area (Å²) >= 11 is 0. The molecule has 2 heterocycles. The first-order valence-electron chi connectivity index (χ1n) is 7.73. The van der Waals surface area contributed by atoms with Gasteiger partial charge in [0.05, 0.1) is 19.8 Å². The van der Waals surface area contributed by atoms with Crippen LogP contribution in [-0.4, -0.2) is 48.1 Å². The second-order valence-corrected chi connectivity index (χ2v) is 5.61. The van der Waals surface area contributed by atoms with Crippen molar-refractivity contribution >= 4 is 5.91 Å². The van der Waals surface area contributed by atoms with Crippen molar-refractivity contribution in [1.29, 1.82) is 0 Å². The lowest BCUT2D eigenvalue weighted by Crippen LogP contribution is -2.38. The van der Waals surface area contributed by atoms with Crippen LogP contribution in [0.3, 0.4) is 0 Å². The third-order valence-corrected chi connectivity index (χ3v) is 4.33. The zero-order valence-corrected chi connectivity index (χ0v) is 13.4. The summed E-state index contributed by atoms with van der Waals surface area (Å²) in [6, 6.07) is 5.28. The lowest BCUT2D eigenvalue weighted by atomic mass is 9.95. The molecule has 2 aromatic rings. The normalized spacial score (nSPS) is 15.5. The maximum atomic E-state index is 12.8. The van der Waals surface area contributed by atoms with E-state index in [4.69, 9.17) is 9.47 Å². The number of benzene rings is 1. The Hall–Kier alpha value is -2.50. The highest BCUT2D eigenvalue weighted by molar-refractivity contribution is 5.97. The van der Waals surface area contributed by atoms with Crippen LogP contribution >= 0.6 is 0 Å². The number of hydrogen-bond donors (Lipinski definition) is 1. The van der Waals surface area contributed by atoms with E-state index in [-0.39, 0.29) is 5.91 Å². The van der Waals surface area contributed by atoms with E-state index in [0.717, 1.165) is 31.8 Å². The molecule has 0 bridgehead atoms. The highest BCUT2D eigenvalue weighted by atomic mass is 16.5. The number of amides is 1. The highest BCUT2D eigenvalue weighted by Crippen LogP contribution is 2.29. The van der Waals surface area contributed by atoms with Crippen LogP contribution in [0.1, 0.15) is 34.9 Å². The van der Waals surface area contributed by atoms with Gasteiger partial charge in [-0.05, 0) is 25.0 Å². The Morgan fingerprint density at radius 1 is 1.26 bits per heavy atom. The molecule has 1 N–H and O–H groups in total. The molecule has 1 aromatic heterocycles. The Bertz CT molecular complexity index is 662. The molecular formula is C17H21N3O3. The minimum atomic E-state index is 0.00222. The van der Waals surface area contributed by atoms with E-state index in [9.17, 15) is 4.79 Å². The van der Waals surface area contributed by atoms with Crippen LogP contribution in [0.4, 0.5) is 0 Å². The predicted octanol–water partition coefficient (Wildman–Crippen LogP) is 2.45. The van der Waals surface area contributed by atoms with Crippen LogP contribution in [-0.2, 0) is 0 Å². The van der Waals surface area contributed by atoms with Gasteiger partial charge in [0.1, 0.15) is 17.3 Å². The number of imidazole rings is 1. The van der Waals surface area contributed by atoms with Gasteiger partial charge in [0.2, 0.25) is 0 Å². The lowest BCUT2D eigenvalue weighted by Gasteiger charge is -2.31. The van der Waals surface area contributed by atoms with E-state index in [2.05, 4.69) is 9.97 Å². The van der Waals surface area contributed by atoms with Crippen LogP contribution in [0.15, 0.2) is 30.6 Å². The molecule has 3 rings (SSSR count). The van der Waals surface area contributed by atoms with Crippen LogP contribution in [0.2, 0.25) is 0 Å². The fourth-order valence-corrected chi connectivity index (χ4v) is 3.00. The molecule has 6 heteroatoms. The van der Waals surface area contributed by atoms with Crippen molar-refractivity contribution in [3.8, 4) is 11.5 Å². The minimum Gasteiger partial charge on any atom is -0.497 e. The maximum absolute atomic E-state index is 12.8. The number of carbonyl (C=O) groups is 1. The van der Waals surface area contributed by atoms with Crippen molar-refractivity contribution in [3.63, 3.8) is 0 Å². The molecule has 0 spiro atoms. The number of piperidine rings is 1. The van der Waals surface area contributed by atoms with Crippen molar-refractivity contribution in [3.05, 3.63) is 42.0 Å². The number of ether oxygens (including phenoxy) is 2. The molecule has 0 aliphatic carbocycles. The Kier molecular flexibility index (Phi) is 4.50. The number of likely N-dealkylation sites (tertiary alicyclic amines) is 1. The van der Waals surface area contributed by atoms with Crippen molar-refractivity contribution in [2.24, 2.45) is 0 Å². The van der Waals surface area contributed by atoms with Crippen LogP contribution in [0.5, 0.6) is 11.5 Å². The van der Waals surface area contributed by atoms with Gasteiger partial charge < -0.3 is 19.4 Å². The summed E-state index contributed by atoms with van der Waals surface area (Å²) < 4.78 is 10.5. The average molecular weight is 315 g/mol. The molecule has 122 valence electrons. The minimum absolute atomic E-state index is 0.00222. The van der Waals surface area contributed by atoms with Crippen LogP contribution in [0.25, 0.3) is 0 Å². The van der Waals surface area contributed by atoms with Gasteiger partial charge in [0.15, 0.2) is 0 Å². The van der Waals surface area contributed by atoms with E-state index in [1.165, 1.54) is 0 Å². The van der Waals surface area contributed by atoms with Gasteiger partial charge in [0.25, 0.3) is 5.91 Å². The molecule has 0 atom stereocenters. The number of carbonyl (C=O) groups excluding carboxylic acids is 1. The topological polar surface area (TPSA) is 67.5 Å². The number of hydrogen-bond acceptors (Lipinski definition) is 4. The van der Waals surface area contributed by atoms with Crippen molar-refractivity contribution in [1.82, 2.24) is 14.9 Å². The molecule has 1 amide bonds. The second-order valence-electron chi connectivity index (χ2n) is 5.61. The van der Waals surface area contributed by atoms with Gasteiger partial charge in [-0.1, -0.05) is 0 Å². The SMILES string of the molecule is COc1ccc(C(=O)N2CCC(c3ncc[nH]3)CC2)c(OC)c1. The molecule has 1 aliphatic rings. The van der Waals surface area contributed by atoms with Gasteiger partial charge >= 0.3 is 0 Å². The highest BCUT2D eigenvalue weighted by Gasteiger charge is 2.27. The summed E-state index contributed by atoms with van der Waals surface area (Å²) in [5, 5.41) is 0. The van der Waals surface area contributed by atoms with Gasteiger partial charge in [-0.25, -0.2) is 4.98 Å². The number of methoxy groups -OCH3 is 2. The Morgan fingerprint density at radius 3 is 2.65 bits per heavy atom. The Morgan fingerprint density at radius 2 is 2.04 bits per heavy atom. The lowest BCUT2D eigenvalue weighted by molar-refractivity contribution is 0.0708. The standard InChI is InChI=1S/C17H21N3O3/c1-22-13-3-4-14(15(11-13)23-2)17(21)20-9-5-12(6-10-20)16-18-7-8-19-16/h3-4,7-8,11-12H,5-6,9-10H2,1-2H3,(H,18,19). The van der Waals surface area contributed by atoms with Crippen molar-refractivity contribution < 1.29 is 14.3 Å². The third-order valence-electron chi connectivity index (χ3n) is 4.33. The summed E-state index contributed by atoms with van der Waals surface area (Å²) in [5.74, 6) is 2.63. The number of nitrogens with one attached hydrogen (secondary N) is 1. The summed E-state index contributed by atoms with van der Waals surface area (Å²) in [6.45, 7) is 1.44. The van der Waals surface area contributed by atoms with E-state index >= 15 is 0 Å². The molecular weight excluding hydrogens is 294 g/mol. The largest absolute Gasteiger partial charge is 0.497 e. The first-order valence-corrected chi connectivity index (χ1v) is 7.73. The molecule has 1 saturated heterocycles. The molecule has 23 heavy (non-hydrogen) atoms. The number of rotatable bonds is 4. The zero-order chi connectivity index (χ0) is 16.2. The zero-order valence-electron chi connectivity index (χ0n) is 13.4. The van der Waals surface area contributed by atoms with Crippen LogP contribution in [0, 0.1) is 0 Å². The van der Waals surface area contributed by atoms with E-state index < -0.39 is 0 Å². The Balaban J connectivity index is 1.70. The maximum Gasteiger partial charge on any atom is 0.257 e. The smallest absolute Gasteiger partial charge is 0.257 e. The summed E-state index contributed by atoms with van der Waals surface area (Å²) in [6.07, 6.45) is 5.44. The quantitative estimate of drug-likeness (QED) is 0.941. The molecule has 1 aromatic carbocycles. The van der Waals surface area contributed by atoms with E-state index in [0.29, 0.717) is 23.0 Å². The third kappa shape index (κ3) is 3.16. The second kappa shape index (κ2) is 6.73. The molecule has 1 fully saturated rings. The first-order chi connectivity index (χ1) is 11.2. The molecule has 0 unspecified atom stereocenters. The summed E-state index contributed by atoms with van der Waals surface area (Å²) in [4.78, 5) is 22.1. The van der Waals surface area contributed by atoms with Crippen molar-refractivity contribution in [2.45, 2.75) is 18.8 Å². The van der Waals surface area contributed by atoms with Gasteiger partial charge in [-0.15, -0.1) is 0 Å². The van der Waals surface area contributed by atoms with E-state index in [1.54, 1.807) is 38.6 Å². The number of H-pyrrole nitrogens is 1. The number of aromatic nitrogens is 2. The number of nitrogens with zero attached hydrogens (tertiary/aromatic N) is 2. The fraction of sp³-hybridized carbons (Fsp3) is 0.412. The summed E-state index contributed by atoms with van der Waals surface area (Å²) in [7, 11) is 3.16. The first kappa shape index (κ1) is 15.4. The van der Waals surface area contributed by atoms with Gasteiger partial charge in [0, 0.05) is 37.5 Å². The monoisotopic (exact) mass is 315 g/mol. The van der Waals surface area contributed by atoms with E-state index in [1.807, 2.05) is 11.1 Å². The average Bonchev–Trinajstić information content (AvgIpc) is 3.15. The predicted molar refractivity (Wildman–Crippen MR) is 86.0 cm³/mol. The molecule has 1 aliphatic heterocycles. The summed E-state index contributed by atoms with van der Waals surface area (Å²) in [5.41, 5.74) is 0.574. The number of aromatic amines is 1. The molecule has 0 radical (unpaired) electrons. The molecule has 0 saturated carbocycles.